The van der Waals surface area contributed by atoms with E-state index in [1.807, 2.05) is 7.05 Å². The fourth-order valence-electron chi connectivity index (χ4n) is 2.75. The Morgan fingerprint density at radius 2 is 2.40 bits per heavy atom. The van der Waals surface area contributed by atoms with E-state index in [0.717, 1.165) is 26.1 Å². The predicted octanol–water partition coefficient (Wildman–Crippen LogP) is -0.207. The number of aromatic nitrogens is 3. The van der Waals surface area contributed by atoms with Crippen LogP contribution in [0.5, 0.6) is 0 Å². The van der Waals surface area contributed by atoms with Crippen molar-refractivity contribution in [3.8, 4) is 0 Å². The van der Waals surface area contributed by atoms with E-state index in [2.05, 4.69) is 22.1 Å². The van der Waals surface area contributed by atoms with E-state index in [-0.39, 0.29) is 5.91 Å². The van der Waals surface area contributed by atoms with E-state index >= 15 is 0 Å². The van der Waals surface area contributed by atoms with E-state index < -0.39 is 0 Å². The molecule has 2 heterocycles. The van der Waals surface area contributed by atoms with Crippen molar-refractivity contribution in [3.63, 3.8) is 0 Å². The van der Waals surface area contributed by atoms with Gasteiger partial charge in [-0.15, -0.1) is 5.10 Å². The van der Waals surface area contributed by atoms with Crippen molar-refractivity contribution in [1.29, 1.82) is 0 Å². The van der Waals surface area contributed by atoms with Gasteiger partial charge in [-0.05, 0) is 25.9 Å². The number of carbonyl (C=O) groups excluding carboxylic acids is 1. The summed E-state index contributed by atoms with van der Waals surface area (Å²) in [5.41, 5.74) is 5.85. The number of nitrogens with zero attached hydrogens (tertiary/aromatic N) is 5. The smallest absolute Gasteiger partial charge is 0.275 e. The van der Waals surface area contributed by atoms with Crippen molar-refractivity contribution in [1.82, 2.24) is 24.8 Å². The lowest BCUT2D eigenvalue weighted by Gasteiger charge is -2.27. The Morgan fingerprint density at radius 3 is 3.10 bits per heavy atom. The summed E-state index contributed by atoms with van der Waals surface area (Å²) in [5.74, 6) is -0.0729. The Morgan fingerprint density at radius 1 is 1.60 bits per heavy atom. The average Bonchev–Trinajstić information content (AvgIpc) is 3.07. The first-order valence-electron chi connectivity index (χ1n) is 7.25. The van der Waals surface area contributed by atoms with E-state index in [1.54, 1.807) is 15.8 Å². The molecule has 2 rings (SSSR count). The zero-order chi connectivity index (χ0) is 14.5. The molecule has 1 saturated heterocycles. The molecule has 1 atom stereocenters. The van der Waals surface area contributed by atoms with Gasteiger partial charge in [0, 0.05) is 26.2 Å². The third kappa shape index (κ3) is 3.34. The molecule has 1 unspecified atom stereocenters. The molecule has 0 radical (unpaired) electrons. The number of carbonyl (C=O) groups is 1. The van der Waals surface area contributed by atoms with Crippen molar-refractivity contribution in [2.75, 3.05) is 33.2 Å². The number of hydrogen-bond donors (Lipinski definition) is 1. The molecule has 1 aromatic rings. The summed E-state index contributed by atoms with van der Waals surface area (Å²) < 4.78 is 1.61. The molecular weight excluding hydrogens is 256 g/mol. The summed E-state index contributed by atoms with van der Waals surface area (Å²) in [7, 11) is 1.83. The molecule has 0 bridgehead atoms. The summed E-state index contributed by atoms with van der Waals surface area (Å²) in [6.07, 6.45) is 4.04. The number of hydrogen-bond acceptors (Lipinski definition) is 5. The fourth-order valence-corrected chi connectivity index (χ4v) is 2.75. The van der Waals surface area contributed by atoms with Crippen molar-refractivity contribution < 1.29 is 4.79 Å². The van der Waals surface area contributed by atoms with E-state index in [0.29, 0.717) is 24.8 Å². The minimum atomic E-state index is -0.0729. The van der Waals surface area contributed by atoms with Crippen LogP contribution in [0.2, 0.25) is 0 Å². The van der Waals surface area contributed by atoms with Crippen LogP contribution in [0.15, 0.2) is 6.20 Å². The van der Waals surface area contributed by atoms with Crippen LogP contribution in [0, 0.1) is 0 Å². The summed E-state index contributed by atoms with van der Waals surface area (Å²) in [5, 5.41) is 7.82. The third-order valence-corrected chi connectivity index (χ3v) is 3.85. The van der Waals surface area contributed by atoms with Crippen LogP contribution in [0.1, 0.15) is 30.3 Å². The Balaban J connectivity index is 1.93. The van der Waals surface area contributed by atoms with Crippen LogP contribution in [-0.4, -0.2) is 70.0 Å². The minimum absolute atomic E-state index is 0.0729. The van der Waals surface area contributed by atoms with Crippen molar-refractivity contribution in [2.45, 2.75) is 32.4 Å². The van der Waals surface area contributed by atoms with Crippen LogP contribution >= 0.6 is 0 Å². The Kier molecular flexibility index (Phi) is 5.08. The topological polar surface area (TPSA) is 80.3 Å². The van der Waals surface area contributed by atoms with Gasteiger partial charge in [0.15, 0.2) is 5.69 Å². The van der Waals surface area contributed by atoms with Crippen molar-refractivity contribution in [3.05, 3.63) is 11.9 Å². The summed E-state index contributed by atoms with van der Waals surface area (Å²) in [6.45, 7) is 6.15. The maximum atomic E-state index is 12.3. The van der Waals surface area contributed by atoms with Gasteiger partial charge < -0.3 is 10.6 Å². The lowest BCUT2D eigenvalue weighted by atomic mass is 10.2. The first-order chi connectivity index (χ1) is 9.65. The highest BCUT2D eigenvalue weighted by molar-refractivity contribution is 5.91. The molecule has 1 aliphatic rings. The van der Waals surface area contributed by atoms with Gasteiger partial charge in [0.25, 0.3) is 5.91 Å². The number of rotatable bonds is 6. The van der Waals surface area contributed by atoms with Gasteiger partial charge >= 0.3 is 0 Å². The highest BCUT2D eigenvalue weighted by Gasteiger charge is 2.26. The van der Waals surface area contributed by atoms with E-state index in [4.69, 9.17) is 5.73 Å². The van der Waals surface area contributed by atoms with Crippen LogP contribution in [0.4, 0.5) is 0 Å². The summed E-state index contributed by atoms with van der Waals surface area (Å²) in [4.78, 5) is 16.5. The number of amides is 1. The Hall–Kier alpha value is -1.47. The monoisotopic (exact) mass is 280 g/mol. The lowest BCUT2D eigenvalue weighted by molar-refractivity contribution is 0.0748. The maximum Gasteiger partial charge on any atom is 0.275 e. The molecule has 20 heavy (non-hydrogen) atoms. The second-order valence-electron chi connectivity index (χ2n) is 5.27. The van der Waals surface area contributed by atoms with Gasteiger partial charge in [-0.1, -0.05) is 12.1 Å². The molecular formula is C13H24N6O. The van der Waals surface area contributed by atoms with Gasteiger partial charge in [0.05, 0.1) is 12.7 Å². The molecule has 2 N–H and O–H groups in total. The van der Waals surface area contributed by atoms with Crippen LogP contribution in [-0.2, 0) is 6.54 Å². The number of likely N-dealkylation sites (tertiary alicyclic amines) is 1. The van der Waals surface area contributed by atoms with Gasteiger partial charge in [0.1, 0.15) is 0 Å². The first kappa shape index (κ1) is 14.9. The largest absolute Gasteiger partial charge is 0.339 e. The molecule has 112 valence electrons. The zero-order valence-corrected chi connectivity index (χ0v) is 12.3. The first-order valence-corrected chi connectivity index (χ1v) is 7.25. The molecule has 1 fully saturated rings. The summed E-state index contributed by atoms with van der Waals surface area (Å²) in [6, 6.07) is 0.466. The molecule has 7 heteroatoms. The minimum Gasteiger partial charge on any atom is -0.339 e. The normalized spacial score (nSPS) is 19.4. The van der Waals surface area contributed by atoms with Gasteiger partial charge in [-0.25, -0.2) is 0 Å². The third-order valence-electron chi connectivity index (χ3n) is 3.85. The average molecular weight is 280 g/mol. The molecule has 0 aromatic carbocycles. The standard InChI is InChI=1S/C13H24N6O/c1-3-18-7-4-5-11(18)9-17(2)13(20)12-10-19(8-6-14)16-15-12/h10-11H,3-9,14H2,1-2H3. The molecule has 1 amide bonds. The van der Waals surface area contributed by atoms with Crippen LogP contribution in [0.3, 0.4) is 0 Å². The Labute approximate surface area is 119 Å². The van der Waals surface area contributed by atoms with E-state index in [1.165, 1.54) is 6.42 Å². The zero-order valence-electron chi connectivity index (χ0n) is 12.3. The van der Waals surface area contributed by atoms with Gasteiger partial charge in [-0.3, -0.25) is 14.4 Å². The maximum absolute atomic E-state index is 12.3. The molecule has 1 aliphatic heterocycles. The summed E-state index contributed by atoms with van der Waals surface area (Å²) >= 11 is 0. The lowest BCUT2D eigenvalue weighted by Crippen LogP contribution is -2.41. The molecule has 7 nitrogen and oxygen atoms in total. The van der Waals surface area contributed by atoms with Crippen molar-refractivity contribution in [2.24, 2.45) is 5.73 Å². The highest BCUT2D eigenvalue weighted by atomic mass is 16.2. The second-order valence-corrected chi connectivity index (χ2v) is 5.27. The SMILES string of the molecule is CCN1CCCC1CN(C)C(=O)c1cn(CCN)nn1. The van der Waals surface area contributed by atoms with Gasteiger partial charge in [-0.2, -0.15) is 0 Å². The molecule has 0 saturated carbocycles. The number of nitrogens with two attached hydrogens (primary N) is 1. The predicted molar refractivity (Wildman–Crippen MR) is 76.3 cm³/mol. The quantitative estimate of drug-likeness (QED) is 0.780. The van der Waals surface area contributed by atoms with E-state index in [9.17, 15) is 4.79 Å². The second kappa shape index (κ2) is 6.81. The molecule has 0 aliphatic carbocycles. The van der Waals surface area contributed by atoms with Crippen LogP contribution in [0.25, 0.3) is 0 Å². The Bertz CT molecular complexity index is 446. The highest BCUT2D eigenvalue weighted by Crippen LogP contribution is 2.17. The number of likely N-dealkylation sites (N-methyl/N-ethyl adjacent to an activating group) is 2. The van der Waals surface area contributed by atoms with Gasteiger partial charge in [0.2, 0.25) is 0 Å². The molecule has 1 aromatic heterocycles. The molecule has 0 spiro atoms. The van der Waals surface area contributed by atoms with Crippen molar-refractivity contribution >= 4 is 5.91 Å². The van der Waals surface area contributed by atoms with Crippen LogP contribution < -0.4 is 5.73 Å². The fraction of sp³-hybridized carbons (Fsp3) is 0.769.